The van der Waals surface area contributed by atoms with E-state index in [9.17, 15) is 19.8 Å². The van der Waals surface area contributed by atoms with Crippen molar-refractivity contribution in [3.05, 3.63) is 71.3 Å². The highest BCUT2D eigenvalue weighted by atomic mass is 16.4. The van der Waals surface area contributed by atoms with Gasteiger partial charge in [-0.3, -0.25) is 0 Å². The van der Waals surface area contributed by atoms with Gasteiger partial charge in [-0.05, 0) is 40.1 Å². The SMILES string of the molecule is O=C(O)c1ccc2c(-c3ccccc3)c(CO)c(C(=O)O)cc2c1. The third-order valence-corrected chi connectivity index (χ3v) is 3.95. The minimum Gasteiger partial charge on any atom is -0.478 e. The van der Waals surface area contributed by atoms with Gasteiger partial charge in [0.25, 0.3) is 0 Å². The summed E-state index contributed by atoms with van der Waals surface area (Å²) in [5.74, 6) is -2.25. The number of carboxylic acids is 2. The van der Waals surface area contributed by atoms with E-state index in [-0.39, 0.29) is 11.1 Å². The van der Waals surface area contributed by atoms with E-state index in [1.54, 1.807) is 6.07 Å². The van der Waals surface area contributed by atoms with Crippen LogP contribution in [0.1, 0.15) is 26.3 Å². The molecule has 0 aliphatic rings. The van der Waals surface area contributed by atoms with E-state index in [2.05, 4.69) is 0 Å². The number of hydrogen-bond acceptors (Lipinski definition) is 3. The van der Waals surface area contributed by atoms with Crippen molar-refractivity contribution >= 4 is 22.7 Å². The summed E-state index contributed by atoms with van der Waals surface area (Å²) in [6, 6.07) is 15.1. The number of benzene rings is 3. The first kappa shape index (κ1) is 15.7. The number of carbonyl (C=O) groups is 2. The molecule has 0 saturated carbocycles. The lowest BCUT2D eigenvalue weighted by atomic mass is 9.89. The molecule has 0 fully saturated rings. The number of aromatic carboxylic acids is 2. The Hall–Kier alpha value is -3.18. The number of aliphatic hydroxyl groups excluding tert-OH is 1. The summed E-state index contributed by atoms with van der Waals surface area (Å²) in [5, 5.41) is 29.6. The Labute approximate surface area is 137 Å². The highest BCUT2D eigenvalue weighted by Gasteiger charge is 2.19. The fourth-order valence-electron chi connectivity index (χ4n) is 2.87. The molecule has 0 radical (unpaired) electrons. The molecule has 3 aromatic rings. The van der Waals surface area contributed by atoms with Crippen LogP contribution in [0.5, 0.6) is 0 Å². The van der Waals surface area contributed by atoms with Crippen molar-refractivity contribution in [2.75, 3.05) is 0 Å². The summed E-state index contributed by atoms with van der Waals surface area (Å²) in [4.78, 5) is 22.8. The van der Waals surface area contributed by atoms with Crippen molar-refractivity contribution in [1.82, 2.24) is 0 Å². The summed E-state index contributed by atoms with van der Waals surface area (Å²) in [7, 11) is 0. The normalized spacial score (nSPS) is 10.7. The fraction of sp³-hybridized carbons (Fsp3) is 0.0526. The van der Waals surface area contributed by atoms with Crippen LogP contribution in [0.15, 0.2) is 54.6 Å². The van der Waals surface area contributed by atoms with Crippen LogP contribution in [-0.2, 0) is 6.61 Å². The van der Waals surface area contributed by atoms with Crippen molar-refractivity contribution in [3.8, 4) is 11.1 Å². The number of hydrogen-bond donors (Lipinski definition) is 3. The molecule has 120 valence electrons. The highest BCUT2D eigenvalue weighted by Crippen LogP contribution is 2.35. The molecule has 3 aromatic carbocycles. The van der Waals surface area contributed by atoms with Gasteiger partial charge in [-0.25, -0.2) is 9.59 Å². The quantitative estimate of drug-likeness (QED) is 0.684. The van der Waals surface area contributed by atoms with Crippen molar-refractivity contribution in [1.29, 1.82) is 0 Å². The van der Waals surface area contributed by atoms with Gasteiger partial charge < -0.3 is 15.3 Å². The average Bonchev–Trinajstić information content (AvgIpc) is 2.59. The molecular formula is C19H14O5. The molecule has 0 aromatic heterocycles. The van der Waals surface area contributed by atoms with Gasteiger partial charge in [-0.15, -0.1) is 0 Å². The molecule has 0 spiro atoms. The molecule has 24 heavy (non-hydrogen) atoms. The van der Waals surface area contributed by atoms with Crippen molar-refractivity contribution in [3.63, 3.8) is 0 Å². The lowest BCUT2D eigenvalue weighted by Crippen LogP contribution is -2.06. The van der Waals surface area contributed by atoms with Gasteiger partial charge in [0.15, 0.2) is 0 Å². The lowest BCUT2D eigenvalue weighted by molar-refractivity contribution is 0.0685. The Morgan fingerprint density at radius 2 is 1.58 bits per heavy atom. The first-order valence-electron chi connectivity index (χ1n) is 7.25. The molecule has 3 N–H and O–H groups in total. The van der Waals surface area contributed by atoms with Gasteiger partial charge >= 0.3 is 11.9 Å². The van der Waals surface area contributed by atoms with Gasteiger partial charge in [0, 0.05) is 5.56 Å². The largest absolute Gasteiger partial charge is 0.478 e. The maximum Gasteiger partial charge on any atom is 0.336 e. The Morgan fingerprint density at radius 1 is 0.875 bits per heavy atom. The predicted octanol–water partition coefficient (Wildman–Crippen LogP) is 3.40. The molecule has 0 aliphatic carbocycles. The zero-order valence-electron chi connectivity index (χ0n) is 12.6. The summed E-state index contributed by atoms with van der Waals surface area (Å²) in [6.07, 6.45) is 0. The van der Waals surface area contributed by atoms with E-state index in [0.717, 1.165) is 5.56 Å². The van der Waals surface area contributed by atoms with E-state index in [1.165, 1.54) is 18.2 Å². The Kier molecular flexibility index (Phi) is 4.02. The van der Waals surface area contributed by atoms with Crippen LogP contribution in [0.2, 0.25) is 0 Å². The summed E-state index contributed by atoms with van der Waals surface area (Å²) < 4.78 is 0. The monoisotopic (exact) mass is 322 g/mol. The minimum atomic E-state index is -1.17. The smallest absolute Gasteiger partial charge is 0.336 e. The van der Waals surface area contributed by atoms with Gasteiger partial charge in [-0.1, -0.05) is 36.4 Å². The van der Waals surface area contributed by atoms with E-state index in [0.29, 0.717) is 21.9 Å². The number of carboxylic acid groups (broad SMARTS) is 2. The third-order valence-electron chi connectivity index (χ3n) is 3.95. The van der Waals surface area contributed by atoms with E-state index >= 15 is 0 Å². The molecule has 0 bridgehead atoms. The molecular weight excluding hydrogens is 308 g/mol. The van der Waals surface area contributed by atoms with Crippen molar-refractivity contribution in [2.24, 2.45) is 0 Å². The van der Waals surface area contributed by atoms with E-state index in [4.69, 9.17) is 5.11 Å². The fourth-order valence-corrected chi connectivity index (χ4v) is 2.87. The van der Waals surface area contributed by atoms with Gasteiger partial charge in [0.05, 0.1) is 17.7 Å². The molecule has 0 saturated heterocycles. The standard InChI is InChI=1S/C19H14O5/c20-10-16-15(19(23)24)9-13-8-12(18(21)22)6-7-14(13)17(16)11-4-2-1-3-5-11/h1-9,20H,10H2,(H,21,22)(H,23,24). The first-order chi connectivity index (χ1) is 11.5. The zero-order chi connectivity index (χ0) is 17.3. The predicted molar refractivity (Wildman–Crippen MR) is 89.2 cm³/mol. The lowest BCUT2D eigenvalue weighted by Gasteiger charge is -2.15. The Morgan fingerprint density at radius 3 is 2.17 bits per heavy atom. The van der Waals surface area contributed by atoms with Crippen LogP contribution in [0.4, 0.5) is 0 Å². The number of fused-ring (bicyclic) bond motifs is 1. The third kappa shape index (κ3) is 2.61. The van der Waals surface area contributed by atoms with Crippen LogP contribution < -0.4 is 0 Å². The maximum atomic E-state index is 11.6. The summed E-state index contributed by atoms with van der Waals surface area (Å²) >= 11 is 0. The maximum absolute atomic E-state index is 11.6. The molecule has 0 heterocycles. The second kappa shape index (κ2) is 6.14. The van der Waals surface area contributed by atoms with Crippen LogP contribution >= 0.6 is 0 Å². The van der Waals surface area contributed by atoms with Crippen LogP contribution in [0, 0.1) is 0 Å². The second-order valence-electron chi connectivity index (χ2n) is 5.35. The molecule has 3 rings (SSSR count). The molecule has 5 nitrogen and oxygen atoms in total. The molecule has 5 heteroatoms. The molecule has 0 amide bonds. The molecule has 0 aliphatic heterocycles. The van der Waals surface area contributed by atoms with E-state index < -0.39 is 18.5 Å². The summed E-state index contributed by atoms with van der Waals surface area (Å²) in [5.41, 5.74) is 1.72. The topological polar surface area (TPSA) is 94.8 Å². The number of aliphatic hydroxyl groups is 1. The van der Waals surface area contributed by atoms with Crippen molar-refractivity contribution in [2.45, 2.75) is 6.61 Å². The molecule has 0 unspecified atom stereocenters. The first-order valence-corrected chi connectivity index (χ1v) is 7.25. The Balaban J connectivity index is 2.45. The van der Waals surface area contributed by atoms with Gasteiger partial charge in [-0.2, -0.15) is 0 Å². The van der Waals surface area contributed by atoms with Crippen LogP contribution in [-0.4, -0.2) is 27.3 Å². The Bertz CT molecular complexity index is 945. The van der Waals surface area contributed by atoms with Gasteiger partial charge in [0.1, 0.15) is 0 Å². The highest BCUT2D eigenvalue weighted by molar-refractivity contribution is 6.06. The van der Waals surface area contributed by atoms with E-state index in [1.807, 2.05) is 30.3 Å². The summed E-state index contributed by atoms with van der Waals surface area (Å²) in [6.45, 7) is -0.428. The van der Waals surface area contributed by atoms with Crippen molar-refractivity contribution < 1.29 is 24.9 Å². The minimum absolute atomic E-state index is 0.0357. The second-order valence-corrected chi connectivity index (χ2v) is 5.35. The van der Waals surface area contributed by atoms with Crippen LogP contribution in [0.3, 0.4) is 0 Å². The van der Waals surface area contributed by atoms with Gasteiger partial charge in [0.2, 0.25) is 0 Å². The number of rotatable bonds is 4. The average molecular weight is 322 g/mol. The zero-order valence-corrected chi connectivity index (χ0v) is 12.6. The molecule has 0 atom stereocenters. The van der Waals surface area contributed by atoms with Crippen LogP contribution in [0.25, 0.3) is 21.9 Å².